The quantitative estimate of drug-likeness (QED) is 0.653. The molecule has 1 aromatic rings. The molecule has 0 amide bonds. The van der Waals surface area contributed by atoms with Gasteiger partial charge in [0.25, 0.3) is 5.69 Å². The molecule has 0 aliphatic carbocycles. The van der Waals surface area contributed by atoms with Gasteiger partial charge in [-0.05, 0) is 32.0 Å². The Morgan fingerprint density at radius 2 is 2.32 bits per heavy atom. The van der Waals surface area contributed by atoms with Gasteiger partial charge in [0.05, 0.1) is 4.92 Å². The van der Waals surface area contributed by atoms with Crippen molar-refractivity contribution in [2.45, 2.75) is 31.8 Å². The van der Waals surface area contributed by atoms with Crippen molar-refractivity contribution < 1.29 is 4.92 Å². The minimum Gasteiger partial charge on any atom is -0.311 e. The van der Waals surface area contributed by atoms with Gasteiger partial charge in [0.15, 0.2) is 0 Å². The van der Waals surface area contributed by atoms with Crippen LogP contribution in [0.2, 0.25) is 0 Å². The molecule has 0 aromatic heterocycles. The lowest BCUT2D eigenvalue weighted by atomic mass is 10.0. The van der Waals surface area contributed by atoms with Gasteiger partial charge in [-0.15, -0.1) is 0 Å². The van der Waals surface area contributed by atoms with Crippen LogP contribution in [-0.4, -0.2) is 36.0 Å². The van der Waals surface area contributed by atoms with Crippen LogP contribution < -0.4 is 5.32 Å². The SMILES string of the molecule is CN1CCCCC1CNCc1cccc([N+](=O)[O-])c1. The Bertz CT molecular complexity index is 436. The molecule has 1 unspecified atom stereocenters. The van der Waals surface area contributed by atoms with Crippen molar-refractivity contribution in [3.8, 4) is 0 Å². The second-order valence-corrected chi connectivity index (χ2v) is 5.19. The highest BCUT2D eigenvalue weighted by atomic mass is 16.6. The molecule has 0 saturated carbocycles. The van der Waals surface area contributed by atoms with E-state index in [9.17, 15) is 10.1 Å². The van der Waals surface area contributed by atoms with E-state index in [0.29, 0.717) is 12.6 Å². The molecule has 1 aromatic carbocycles. The van der Waals surface area contributed by atoms with Gasteiger partial charge in [-0.3, -0.25) is 10.1 Å². The number of piperidine rings is 1. The van der Waals surface area contributed by atoms with Crippen LogP contribution in [0.5, 0.6) is 0 Å². The molecular formula is C14H21N3O2. The van der Waals surface area contributed by atoms with Gasteiger partial charge in [-0.25, -0.2) is 0 Å². The first-order chi connectivity index (χ1) is 9.16. The Balaban J connectivity index is 1.82. The molecule has 1 aliphatic heterocycles. The summed E-state index contributed by atoms with van der Waals surface area (Å²) in [5, 5.41) is 14.1. The zero-order valence-electron chi connectivity index (χ0n) is 11.3. The highest BCUT2D eigenvalue weighted by molar-refractivity contribution is 5.34. The van der Waals surface area contributed by atoms with E-state index in [0.717, 1.165) is 12.1 Å². The van der Waals surface area contributed by atoms with E-state index in [2.05, 4.69) is 17.3 Å². The molecule has 19 heavy (non-hydrogen) atoms. The summed E-state index contributed by atoms with van der Waals surface area (Å²) in [5.41, 5.74) is 1.13. The summed E-state index contributed by atoms with van der Waals surface area (Å²) in [6.45, 7) is 2.80. The van der Waals surface area contributed by atoms with Gasteiger partial charge in [0.2, 0.25) is 0 Å². The largest absolute Gasteiger partial charge is 0.311 e. The summed E-state index contributed by atoms with van der Waals surface area (Å²) in [5.74, 6) is 0. The number of nitrogens with zero attached hydrogens (tertiary/aromatic N) is 2. The number of likely N-dealkylation sites (N-methyl/N-ethyl adjacent to an activating group) is 1. The lowest BCUT2D eigenvalue weighted by Gasteiger charge is -2.32. The molecule has 1 N–H and O–H groups in total. The number of hydrogen-bond donors (Lipinski definition) is 1. The Labute approximate surface area is 113 Å². The molecule has 5 nitrogen and oxygen atoms in total. The van der Waals surface area contributed by atoms with E-state index in [4.69, 9.17) is 0 Å². The maximum atomic E-state index is 10.7. The molecule has 0 bridgehead atoms. The van der Waals surface area contributed by atoms with Crippen molar-refractivity contribution >= 4 is 5.69 Å². The van der Waals surface area contributed by atoms with E-state index in [-0.39, 0.29) is 10.6 Å². The normalized spacial score (nSPS) is 20.4. The molecule has 104 valence electrons. The number of nitro benzene ring substituents is 1. The third-order valence-electron chi connectivity index (χ3n) is 3.75. The number of benzene rings is 1. The molecule has 1 aliphatic rings. The van der Waals surface area contributed by atoms with E-state index in [1.54, 1.807) is 12.1 Å². The lowest BCUT2D eigenvalue weighted by Crippen LogP contribution is -2.42. The summed E-state index contributed by atoms with van der Waals surface area (Å²) in [4.78, 5) is 12.7. The third kappa shape index (κ3) is 4.01. The Morgan fingerprint density at radius 3 is 3.05 bits per heavy atom. The first kappa shape index (κ1) is 14.0. The van der Waals surface area contributed by atoms with E-state index >= 15 is 0 Å². The van der Waals surface area contributed by atoms with Crippen LogP contribution in [0, 0.1) is 10.1 Å². The Morgan fingerprint density at radius 1 is 1.47 bits per heavy atom. The van der Waals surface area contributed by atoms with Gasteiger partial charge in [0.1, 0.15) is 0 Å². The number of non-ortho nitro benzene ring substituents is 1. The van der Waals surface area contributed by atoms with Crippen molar-refractivity contribution in [1.29, 1.82) is 0 Å². The molecule has 1 atom stereocenters. The summed E-state index contributed by atoms with van der Waals surface area (Å²) in [6, 6.07) is 7.41. The van der Waals surface area contributed by atoms with Crippen molar-refractivity contribution in [3.63, 3.8) is 0 Å². The standard InChI is InChI=1S/C14H21N3O2/c1-16-8-3-2-6-14(16)11-15-10-12-5-4-7-13(9-12)17(18)19/h4-5,7,9,14-15H,2-3,6,8,10-11H2,1H3. The first-order valence-electron chi connectivity index (χ1n) is 6.81. The molecule has 1 saturated heterocycles. The predicted octanol–water partition coefficient (Wildman–Crippen LogP) is 2.17. The summed E-state index contributed by atoms with van der Waals surface area (Å²) >= 11 is 0. The zero-order chi connectivity index (χ0) is 13.7. The van der Waals surface area contributed by atoms with Crippen LogP contribution in [-0.2, 0) is 6.54 Å². The highest BCUT2D eigenvalue weighted by Gasteiger charge is 2.18. The number of hydrogen-bond acceptors (Lipinski definition) is 4. The van der Waals surface area contributed by atoms with Crippen LogP contribution >= 0.6 is 0 Å². The monoisotopic (exact) mass is 263 g/mol. The topological polar surface area (TPSA) is 58.4 Å². The fourth-order valence-corrected chi connectivity index (χ4v) is 2.57. The molecule has 2 rings (SSSR count). The Kier molecular flexibility index (Phi) is 4.87. The molecule has 1 fully saturated rings. The second-order valence-electron chi connectivity index (χ2n) is 5.19. The summed E-state index contributed by atoms with van der Waals surface area (Å²) in [6.07, 6.45) is 3.82. The van der Waals surface area contributed by atoms with Gasteiger partial charge >= 0.3 is 0 Å². The fraction of sp³-hybridized carbons (Fsp3) is 0.571. The number of rotatable bonds is 5. The van der Waals surface area contributed by atoms with Gasteiger partial charge in [0, 0.05) is 31.3 Å². The summed E-state index contributed by atoms with van der Waals surface area (Å²) in [7, 11) is 2.17. The van der Waals surface area contributed by atoms with Crippen molar-refractivity contribution in [2.24, 2.45) is 0 Å². The number of nitro groups is 1. The molecular weight excluding hydrogens is 242 g/mol. The summed E-state index contributed by atoms with van der Waals surface area (Å²) < 4.78 is 0. The first-order valence-corrected chi connectivity index (χ1v) is 6.81. The van der Waals surface area contributed by atoms with Crippen molar-refractivity contribution in [3.05, 3.63) is 39.9 Å². The van der Waals surface area contributed by atoms with Gasteiger partial charge in [-0.2, -0.15) is 0 Å². The lowest BCUT2D eigenvalue weighted by molar-refractivity contribution is -0.384. The molecule has 5 heteroatoms. The fourth-order valence-electron chi connectivity index (χ4n) is 2.57. The number of likely N-dealkylation sites (tertiary alicyclic amines) is 1. The third-order valence-corrected chi connectivity index (χ3v) is 3.75. The molecule has 0 spiro atoms. The van der Waals surface area contributed by atoms with Crippen LogP contribution in [0.25, 0.3) is 0 Å². The van der Waals surface area contributed by atoms with Gasteiger partial charge < -0.3 is 10.2 Å². The minimum atomic E-state index is -0.349. The van der Waals surface area contributed by atoms with Gasteiger partial charge in [-0.1, -0.05) is 18.6 Å². The Hall–Kier alpha value is -1.46. The predicted molar refractivity (Wildman–Crippen MR) is 75.1 cm³/mol. The zero-order valence-corrected chi connectivity index (χ0v) is 11.3. The van der Waals surface area contributed by atoms with Crippen LogP contribution in [0.4, 0.5) is 5.69 Å². The maximum absolute atomic E-state index is 10.7. The van der Waals surface area contributed by atoms with Crippen molar-refractivity contribution in [1.82, 2.24) is 10.2 Å². The van der Waals surface area contributed by atoms with Crippen LogP contribution in [0.1, 0.15) is 24.8 Å². The average Bonchev–Trinajstić information content (AvgIpc) is 2.41. The second kappa shape index (κ2) is 6.63. The maximum Gasteiger partial charge on any atom is 0.269 e. The molecule has 1 heterocycles. The smallest absolute Gasteiger partial charge is 0.269 e. The van der Waals surface area contributed by atoms with E-state index in [1.807, 2.05) is 6.07 Å². The van der Waals surface area contributed by atoms with Crippen LogP contribution in [0.15, 0.2) is 24.3 Å². The van der Waals surface area contributed by atoms with E-state index in [1.165, 1.54) is 31.9 Å². The average molecular weight is 263 g/mol. The molecule has 0 radical (unpaired) electrons. The minimum absolute atomic E-state index is 0.161. The van der Waals surface area contributed by atoms with E-state index < -0.39 is 0 Å². The number of nitrogens with one attached hydrogen (secondary N) is 1. The highest BCUT2D eigenvalue weighted by Crippen LogP contribution is 2.15. The van der Waals surface area contributed by atoms with Crippen molar-refractivity contribution in [2.75, 3.05) is 20.1 Å². The van der Waals surface area contributed by atoms with Crippen LogP contribution in [0.3, 0.4) is 0 Å².